The Morgan fingerprint density at radius 2 is 1.91 bits per heavy atom. The molecule has 182 valence electrons. The van der Waals surface area contributed by atoms with E-state index in [4.69, 9.17) is 4.74 Å². The first kappa shape index (κ1) is 27.0. The number of rotatable bonds is 13. The number of carbonyl (C=O) groups excluding carboxylic acids is 2. The van der Waals surface area contributed by atoms with Crippen LogP contribution in [0.2, 0.25) is 0 Å². The van der Waals surface area contributed by atoms with Gasteiger partial charge in [0.25, 0.3) is 11.6 Å². The number of alkyl carbamates (subject to hydrolysis) is 1. The van der Waals surface area contributed by atoms with Crippen molar-refractivity contribution in [2.45, 2.75) is 61.7 Å². The van der Waals surface area contributed by atoms with Crippen LogP contribution in [0.3, 0.4) is 0 Å². The third kappa shape index (κ3) is 8.58. The monoisotopic (exact) mass is 487 g/mol. The van der Waals surface area contributed by atoms with Gasteiger partial charge in [0.05, 0.1) is 4.92 Å². The van der Waals surface area contributed by atoms with E-state index in [2.05, 4.69) is 10.5 Å². The number of hydrogen-bond acceptors (Lipinski definition) is 7. The summed E-state index contributed by atoms with van der Waals surface area (Å²) in [5.41, 5.74) is 1.42. The minimum atomic E-state index is -0.673. The third-order valence-electron chi connectivity index (χ3n) is 5.19. The molecule has 1 unspecified atom stereocenters. The second-order valence-corrected chi connectivity index (χ2v) is 8.88. The highest BCUT2D eigenvalue weighted by Gasteiger charge is 2.23. The quantitative estimate of drug-likeness (QED) is 0.159. The van der Waals surface area contributed by atoms with Crippen LogP contribution in [0.4, 0.5) is 10.5 Å². The van der Waals surface area contributed by atoms with E-state index in [0.29, 0.717) is 37.8 Å². The van der Waals surface area contributed by atoms with Gasteiger partial charge in [-0.25, -0.2) is 4.79 Å². The predicted octanol–water partition coefficient (Wildman–Crippen LogP) is 5.99. The zero-order valence-corrected chi connectivity index (χ0v) is 20.1. The SMILES string of the molecule is CCc1cc([N+](=O)[O-])c(C(C)COC(=O)NCCCCCC(=O)N=O)cc1Sc1ccccc1. The molecule has 0 aliphatic heterocycles. The molecule has 2 rings (SSSR count). The molecule has 0 saturated carbocycles. The molecule has 10 heteroatoms. The molecular weight excluding hydrogens is 458 g/mol. The number of benzene rings is 2. The topological polar surface area (TPSA) is 128 Å². The number of amides is 2. The molecule has 1 N–H and O–H groups in total. The predicted molar refractivity (Wildman–Crippen MR) is 130 cm³/mol. The number of nitro benzene ring substituents is 1. The highest BCUT2D eigenvalue weighted by molar-refractivity contribution is 7.99. The first-order valence-electron chi connectivity index (χ1n) is 11.2. The zero-order valence-electron chi connectivity index (χ0n) is 19.3. The van der Waals surface area contributed by atoms with Crippen LogP contribution in [-0.2, 0) is 16.0 Å². The summed E-state index contributed by atoms with van der Waals surface area (Å²) in [4.78, 5) is 46.2. The normalized spacial score (nSPS) is 11.5. The van der Waals surface area contributed by atoms with Crippen molar-refractivity contribution in [1.82, 2.24) is 5.32 Å². The van der Waals surface area contributed by atoms with Crippen LogP contribution in [0.15, 0.2) is 57.4 Å². The lowest BCUT2D eigenvalue weighted by Crippen LogP contribution is -2.26. The number of hydrogen-bond donors (Lipinski definition) is 1. The number of nitro groups is 1. The number of aryl methyl sites for hydroxylation is 1. The molecule has 0 heterocycles. The molecular formula is C24H29N3O6S. The fourth-order valence-corrected chi connectivity index (χ4v) is 4.39. The lowest BCUT2D eigenvalue weighted by Gasteiger charge is -2.16. The van der Waals surface area contributed by atoms with E-state index in [1.165, 1.54) is 0 Å². The highest BCUT2D eigenvalue weighted by atomic mass is 32.2. The molecule has 2 amide bonds. The Kier molecular flexibility index (Phi) is 11.2. The fourth-order valence-electron chi connectivity index (χ4n) is 3.32. The second kappa shape index (κ2) is 14.1. The first-order chi connectivity index (χ1) is 16.3. The van der Waals surface area contributed by atoms with Crippen LogP contribution >= 0.6 is 11.8 Å². The van der Waals surface area contributed by atoms with E-state index in [1.54, 1.807) is 24.8 Å². The molecule has 0 radical (unpaired) electrons. The Hall–Kier alpha value is -3.27. The van der Waals surface area contributed by atoms with Crippen molar-refractivity contribution < 1.29 is 19.2 Å². The molecule has 2 aromatic carbocycles. The number of nitroso groups, excluding NO2 is 1. The Balaban J connectivity index is 1.98. The molecule has 0 aliphatic carbocycles. The second-order valence-electron chi connectivity index (χ2n) is 7.77. The fraction of sp³-hybridized carbons (Fsp3) is 0.417. The van der Waals surface area contributed by atoms with Gasteiger partial charge in [-0.1, -0.05) is 50.2 Å². The zero-order chi connectivity index (χ0) is 24.9. The van der Waals surface area contributed by atoms with Gasteiger partial charge >= 0.3 is 6.09 Å². The minimum absolute atomic E-state index is 0.00685. The summed E-state index contributed by atoms with van der Waals surface area (Å²) in [5.74, 6) is -1.05. The lowest BCUT2D eigenvalue weighted by atomic mass is 9.97. The largest absolute Gasteiger partial charge is 0.449 e. The summed E-state index contributed by atoms with van der Waals surface area (Å²) in [7, 11) is 0. The number of nitrogens with zero attached hydrogens (tertiary/aromatic N) is 2. The summed E-state index contributed by atoms with van der Waals surface area (Å²) in [5, 5.41) is 16.7. The molecule has 9 nitrogen and oxygen atoms in total. The van der Waals surface area contributed by atoms with Gasteiger partial charge in [-0.3, -0.25) is 14.9 Å². The Morgan fingerprint density at radius 3 is 2.56 bits per heavy atom. The number of ether oxygens (including phenoxy) is 1. The number of unbranched alkanes of at least 4 members (excludes halogenated alkanes) is 2. The maximum atomic E-state index is 12.0. The minimum Gasteiger partial charge on any atom is -0.449 e. The van der Waals surface area contributed by atoms with Gasteiger partial charge in [-0.15, -0.1) is 4.91 Å². The van der Waals surface area contributed by atoms with E-state index < -0.39 is 16.9 Å². The van der Waals surface area contributed by atoms with Crippen molar-refractivity contribution >= 4 is 29.4 Å². The van der Waals surface area contributed by atoms with E-state index in [9.17, 15) is 24.6 Å². The van der Waals surface area contributed by atoms with Crippen LogP contribution in [0.5, 0.6) is 0 Å². The van der Waals surface area contributed by atoms with Crippen LogP contribution in [0.25, 0.3) is 0 Å². The summed E-state index contributed by atoms with van der Waals surface area (Å²) in [6.07, 6.45) is 1.97. The van der Waals surface area contributed by atoms with Crippen LogP contribution in [0, 0.1) is 15.0 Å². The van der Waals surface area contributed by atoms with Gasteiger partial charge in [0.1, 0.15) is 6.61 Å². The smallest absolute Gasteiger partial charge is 0.407 e. The molecule has 2 aromatic rings. The van der Waals surface area contributed by atoms with Crippen molar-refractivity contribution in [2.24, 2.45) is 5.18 Å². The Morgan fingerprint density at radius 1 is 1.18 bits per heavy atom. The van der Waals surface area contributed by atoms with Crippen LogP contribution in [-0.4, -0.2) is 30.1 Å². The molecule has 34 heavy (non-hydrogen) atoms. The van der Waals surface area contributed by atoms with Gasteiger partial charge in [0.2, 0.25) is 0 Å². The van der Waals surface area contributed by atoms with Crippen molar-refractivity contribution in [2.75, 3.05) is 13.2 Å². The van der Waals surface area contributed by atoms with Gasteiger partial charge in [0, 0.05) is 45.5 Å². The average molecular weight is 488 g/mol. The number of nitrogens with one attached hydrogen (secondary N) is 1. The van der Waals surface area contributed by atoms with Crippen molar-refractivity contribution in [3.05, 3.63) is 68.6 Å². The summed E-state index contributed by atoms with van der Waals surface area (Å²) in [6, 6.07) is 13.2. The van der Waals surface area contributed by atoms with Crippen LogP contribution in [0.1, 0.15) is 56.6 Å². The molecule has 0 aromatic heterocycles. The maximum Gasteiger partial charge on any atom is 0.407 e. The van der Waals surface area contributed by atoms with E-state index >= 15 is 0 Å². The summed E-state index contributed by atoms with van der Waals surface area (Å²) in [6.45, 7) is 4.10. The van der Waals surface area contributed by atoms with Gasteiger partial charge in [-0.05, 0) is 43.0 Å². The van der Waals surface area contributed by atoms with Crippen LogP contribution < -0.4 is 5.32 Å². The van der Waals surface area contributed by atoms with Gasteiger partial charge in [0.15, 0.2) is 0 Å². The molecule has 1 atom stereocenters. The maximum absolute atomic E-state index is 12.0. The molecule has 0 saturated heterocycles. The van der Waals surface area contributed by atoms with E-state index in [-0.39, 0.29) is 24.6 Å². The standard InChI is InChI=1S/C24H29N3O6S/c1-3-18-14-21(27(31)32)20(15-22(18)34-19-10-6-4-7-11-19)17(2)16-33-24(29)25-13-9-5-8-12-23(28)26-30/h4,6-7,10-11,14-15,17H,3,5,8-9,12-13,16H2,1-2H3,(H,25,29). The van der Waals surface area contributed by atoms with Crippen molar-refractivity contribution in [1.29, 1.82) is 0 Å². The van der Waals surface area contributed by atoms with Gasteiger partial charge < -0.3 is 10.1 Å². The summed E-state index contributed by atoms with van der Waals surface area (Å²) >= 11 is 1.55. The lowest BCUT2D eigenvalue weighted by molar-refractivity contribution is -0.385. The van der Waals surface area contributed by atoms with E-state index in [0.717, 1.165) is 15.4 Å². The average Bonchev–Trinajstić information content (AvgIpc) is 2.84. The first-order valence-corrected chi connectivity index (χ1v) is 12.0. The highest BCUT2D eigenvalue weighted by Crippen LogP contribution is 2.37. The molecule has 0 aliphatic rings. The Bertz CT molecular complexity index is 1000. The Labute approximate surface area is 202 Å². The van der Waals surface area contributed by atoms with Crippen molar-refractivity contribution in [3.63, 3.8) is 0 Å². The summed E-state index contributed by atoms with van der Waals surface area (Å²) < 4.78 is 5.28. The van der Waals surface area contributed by atoms with Crippen molar-refractivity contribution in [3.8, 4) is 0 Å². The molecule has 0 bridgehead atoms. The molecule has 0 spiro atoms. The van der Waals surface area contributed by atoms with Gasteiger partial charge in [-0.2, -0.15) is 0 Å². The van der Waals surface area contributed by atoms with E-state index in [1.807, 2.05) is 43.3 Å². The third-order valence-corrected chi connectivity index (χ3v) is 6.30. The number of carbonyl (C=O) groups is 2. The molecule has 0 fully saturated rings.